The summed E-state index contributed by atoms with van der Waals surface area (Å²) in [5, 5.41) is 11.3. The molecule has 5 nitrogen and oxygen atoms in total. The normalized spacial score (nSPS) is 11.6. The predicted molar refractivity (Wildman–Crippen MR) is 106 cm³/mol. The van der Waals surface area contributed by atoms with E-state index in [0.717, 1.165) is 17.2 Å². The van der Waals surface area contributed by atoms with Crippen LogP contribution in [0.4, 0.5) is 5.69 Å². The van der Waals surface area contributed by atoms with E-state index in [2.05, 4.69) is 0 Å². The van der Waals surface area contributed by atoms with E-state index in [1.165, 1.54) is 10.8 Å². The number of aromatic nitrogens is 1. The molecule has 0 aliphatic heterocycles. The predicted octanol–water partition coefficient (Wildman–Crippen LogP) is 5.59. The quantitative estimate of drug-likeness (QED) is 0.233. The van der Waals surface area contributed by atoms with E-state index in [4.69, 9.17) is 34.8 Å². The van der Waals surface area contributed by atoms with Crippen LogP contribution in [0.2, 0.25) is 0 Å². The van der Waals surface area contributed by atoms with E-state index >= 15 is 0 Å². The fraction of sp³-hybridized carbons (Fsp3) is 0.105. The van der Waals surface area contributed by atoms with Crippen molar-refractivity contribution in [2.75, 3.05) is 0 Å². The first-order valence-electron chi connectivity index (χ1n) is 7.86. The smallest absolute Gasteiger partial charge is 0.287 e. The lowest BCUT2D eigenvalue weighted by atomic mass is 9.98. The summed E-state index contributed by atoms with van der Waals surface area (Å²) in [6, 6.07) is 19.2. The number of rotatable bonds is 5. The van der Waals surface area contributed by atoms with Crippen LogP contribution in [0.15, 0.2) is 72.9 Å². The highest BCUT2D eigenvalue weighted by atomic mass is 35.6. The lowest BCUT2D eigenvalue weighted by Gasteiger charge is -2.23. The second-order valence-corrected chi connectivity index (χ2v) is 8.08. The summed E-state index contributed by atoms with van der Waals surface area (Å²) in [6.07, 6.45) is 1.29. The summed E-state index contributed by atoms with van der Waals surface area (Å²) in [7, 11) is 0. The third-order valence-electron chi connectivity index (χ3n) is 4.04. The lowest BCUT2D eigenvalue weighted by molar-refractivity contribution is -0.384. The highest BCUT2D eigenvalue weighted by molar-refractivity contribution is 6.77. The minimum atomic E-state index is -2.23. The third-order valence-corrected chi connectivity index (χ3v) is 4.56. The van der Waals surface area contributed by atoms with E-state index in [1.54, 1.807) is 0 Å². The number of ketones is 1. The van der Waals surface area contributed by atoms with Crippen molar-refractivity contribution in [2.45, 2.75) is 9.83 Å². The molecule has 0 bridgehead atoms. The van der Waals surface area contributed by atoms with Crippen LogP contribution in [-0.2, 0) is 0 Å². The number of carbonyl (C=O) groups is 1. The molecule has 0 atom stereocenters. The number of hydrogen-bond acceptors (Lipinski definition) is 3. The van der Waals surface area contributed by atoms with Crippen molar-refractivity contribution in [1.29, 1.82) is 0 Å². The highest BCUT2D eigenvalue weighted by Crippen LogP contribution is 2.36. The maximum atomic E-state index is 12.7. The number of nitro groups is 1. The lowest BCUT2D eigenvalue weighted by Crippen LogP contribution is -2.24. The second kappa shape index (κ2) is 7.72. The SMILES string of the molecule is O=C(c1cc([N+](=O)[O-])cn1C(c1ccccc1)c1ccccc1)C(Cl)(Cl)Cl. The largest absolute Gasteiger partial charge is 0.327 e. The summed E-state index contributed by atoms with van der Waals surface area (Å²) < 4.78 is -0.755. The maximum absolute atomic E-state index is 12.7. The van der Waals surface area contributed by atoms with Gasteiger partial charge >= 0.3 is 0 Å². The van der Waals surface area contributed by atoms with Crippen molar-refractivity contribution in [3.8, 4) is 0 Å². The van der Waals surface area contributed by atoms with Crippen LogP contribution in [0.3, 0.4) is 0 Å². The molecule has 0 fully saturated rings. The topological polar surface area (TPSA) is 65.1 Å². The molecule has 0 saturated carbocycles. The second-order valence-electron chi connectivity index (χ2n) is 5.80. The molecule has 8 heteroatoms. The molecule has 3 rings (SSSR count). The first-order valence-corrected chi connectivity index (χ1v) is 9.00. The Morgan fingerprint density at radius 2 is 1.44 bits per heavy atom. The van der Waals surface area contributed by atoms with Gasteiger partial charge in [-0.3, -0.25) is 14.9 Å². The first kappa shape index (κ1) is 19.4. The van der Waals surface area contributed by atoms with Gasteiger partial charge in [-0.25, -0.2) is 0 Å². The Hall–Kier alpha value is -2.34. The number of Topliss-reactive ketones (excluding diaryl/α,β-unsaturated/α-hetero) is 1. The number of halogens is 3. The standard InChI is InChI=1S/C19H13Cl3N2O3/c20-19(21,22)18(25)16-11-15(24(26)27)12-23(16)17(13-7-3-1-4-8-13)14-9-5-2-6-10-14/h1-12,17H. The summed E-state index contributed by atoms with van der Waals surface area (Å²) in [4.78, 5) is 23.4. The van der Waals surface area contributed by atoms with Crippen molar-refractivity contribution in [3.05, 3.63) is 99.9 Å². The van der Waals surface area contributed by atoms with Gasteiger partial charge in [-0.15, -0.1) is 0 Å². The minimum Gasteiger partial charge on any atom is -0.327 e. The van der Waals surface area contributed by atoms with Gasteiger partial charge in [0.25, 0.3) is 9.48 Å². The van der Waals surface area contributed by atoms with Crippen molar-refractivity contribution in [1.82, 2.24) is 4.57 Å². The van der Waals surface area contributed by atoms with Crippen LogP contribution < -0.4 is 0 Å². The number of alkyl halides is 3. The van der Waals surface area contributed by atoms with Gasteiger partial charge in [-0.1, -0.05) is 95.5 Å². The molecule has 0 N–H and O–H groups in total. The number of nitrogens with zero attached hydrogens (tertiary/aromatic N) is 2. The molecule has 1 aromatic heterocycles. The van der Waals surface area contributed by atoms with Gasteiger partial charge in [0, 0.05) is 6.07 Å². The molecule has 0 aliphatic rings. The Balaban J connectivity index is 2.26. The van der Waals surface area contributed by atoms with Crippen LogP contribution in [0.5, 0.6) is 0 Å². The third kappa shape index (κ3) is 4.16. The average molecular weight is 424 g/mol. The van der Waals surface area contributed by atoms with Crippen LogP contribution in [0, 0.1) is 10.1 Å². The summed E-state index contributed by atoms with van der Waals surface area (Å²) in [5.74, 6) is -0.836. The molecule has 0 spiro atoms. The van der Waals surface area contributed by atoms with E-state index in [9.17, 15) is 14.9 Å². The molecule has 1 heterocycles. The molecule has 2 aromatic carbocycles. The van der Waals surface area contributed by atoms with Crippen molar-refractivity contribution < 1.29 is 9.72 Å². The van der Waals surface area contributed by atoms with E-state index in [-0.39, 0.29) is 11.4 Å². The van der Waals surface area contributed by atoms with Gasteiger partial charge in [0.2, 0.25) is 5.78 Å². The van der Waals surface area contributed by atoms with Gasteiger partial charge in [0.15, 0.2) is 0 Å². The van der Waals surface area contributed by atoms with Gasteiger partial charge < -0.3 is 4.57 Å². The average Bonchev–Trinajstić information content (AvgIpc) is 3.07. The van der Waals surface area contributed by atoms with Gasteiger partial charge in [-0.05, 0) is 11.1 Å². The minimum absolute atomic E-state index is 0.0561. The Labute approximate surface area is 170 Å². The fourth-order valence-corrected chi connectivity index (χ4v) is 3.18. The first-order chi connectivity index (χ1) is 12.8. The number of carbonyl (C=O) groups excluding carboxylic acids is 1. The molecular formula is C19H13Cl3N2O3. The van der Waals surface area contributed by atoms with Crippen LogP contribution in [0.1, 0.15) is 27.7 Å². The summed E-state index contributed by atoms with van der Waals surface area (Å²) in [6.45, 7) is 0. The number of benzene rings is 2. The zero-order chi connectivity index (χ0) is 19.6. The molecule has 27 heavy (non-hydrogen) atoms. The zero-order valence-electron chi connectivity index (χ0n) is 13.8. The highest BCUT2D eigenvalue weighted by Gasteiger charge is 2.37. The Morgan fingerprint density at radius 1 is 0.963 bits per heavy atom. The summed E-state index contributed by atoms with van der Waals surface area (Å²) >= 11 is 17.3. The zero-order valence-corrected chi connectivity index (χ0v) is 16.0. The van der Waals surface area contributed by atoms with Crippen LogP contribution >= 0.6 is 34.8 Å². The molecule has 3 aromatic rings. The molecular weight excluding hydrogens is 411 g/mol. The number of hydrogen-bond donors (Lipinski definition) is 0. The Bertz CT molecular complexity index is 927. The maximum Gasteiger partial charge on any atom is 0.287 e. The van der Waals surface area contributed by atoms with Crippen LogP contribution in [0.25, 0.3) is 0 Å². The Morgan fingerprint density at radius 3 is 1.85 bits per heavy atom. The van der Waals surface area contributed by atoms with E-state index in [0.29, 0.717) is 0 Å². The summed E-state index contributed by atoms with van der Waals surface area (Å²) in [5.41, 5.74) is 1.34. The Kier molecular flexibility index (Phi) is 5.56. The van der Waals surface area contributed by atoms with Gasteiger partial charge in [0.1, 0.15) is 0 Å². The fourth-order valence-electron chi connectivity index (χ4n) is 2.89. The van der Waals surface area contributed by atoms with Crippen LogP contribution in [-0.4, -0.2) is 19.1 Å². The van der Waals surface area contributed by atoms with Gasteiger partial charge in [0.05, 0.1) is 22.9 Å². The molecule has 0 amide bonds. The van der Waals surface area contributed by atoms with Gasteiger partial charge in [-0.2, -0.15) is 0 Å². The van der Waals surface area contributed by atoms with Crippen molar-refractivity contribution in [3.63, 3.8) is 0 Å². The van der Waals surface area contributed by atoms with E-state index < -0.39 is 20.5 Å². The molecule has 0 saturated heterocycles. The van der Waals surface area contributed by atoms with Crippen molar-refractivity contribution >= 4 is 46.3 Å². The monoisotopic (exact) mass is 422 g/mol. The molecule has 138 valence electrons. The molecule has 0 aliphatic carbocycles. The van der Waals surface area contributed by atoms with E-state index in [1.807, 2.05) is 60.7 Å². The molecule has 0 unspecified atom stereocenters. The molecule has 0 radical (unpaired) electrons. The van der Waals surface area contributed by atoms with Crippen molar-refractivity contribution in [2.24, 2.45) is 0 Å².